The number of carbonyl (C=O) groups excluding carboxylic acids is 1. The zero-order valence-electron chi connectivity index (χ0n) is 11.6. The van der Waals surface area contributed by atoms with E-state index in [1.807, 2.05) is 6.07 Å². The fourth-order valence-corrected chi connectivity index (χ4v) is 3.07. The van der Waals surface area contributed by atoms with Gasteiger partial charge >= 0.3 is 0 Å². The molecule has 0 bridgehead atoms. The molecule has 1 N–H and O–H groups in total. The first-order chi connectivity index (χ1) is 9.65. The Morgan fingerprint density at radius 1 is 1.15 bits per heavy atom. The number of hydrogen-bond donors (Lipinski definition) is 1. The van der Waals surface area contributed by atoms with Gasteiger partial charge in [-0.1, -0.05) is 61.4 Å². The molecule has 0 saturated heterocycles. The van der Waals surface area contributed by atoms with Crippen molar-refractivity contribution in [2.45, 2.75) is 51.5 Å². The Hall–Kier alpha value is -0.730. The maximum atomic E-state index is 11.8. The lowest BCUT2D eigenvalue weighted by molar-refractivity contribution is -0.121. The lowest BCUT2D eigenvalue weighted by Crippen LogP contribution is -2.23. The molecule has 1 fully saturated rings. The van der Waals surface area contributed by atoms with Crippen LogP contribution in [0.1, 0.15) is 50.5 Å². The number of carbonyl (C=O) groups is 1. The lowest BCUT2D eigenvalue weighted by atomic mass is 9.86. The highest BCUT2D eigenvalue weighted by atomic mass is 35.5. The summed E-state index contributed by atoms with van der Waals surface area (Å²) in [5.74, 6) is 0.876. The van der Waals surface area contributed by atoms with Gasteiger partial charge in [-0.2, -0.15) is 0 Å². The van der Waals surface area contributed by atoms with Crippen LogP contribution in [0.4, 0.5) is 0 Å². The predicted molar refractivity (Wildman–Crippen MR) is 84.1 cm³/mol. The molecule has 0 aliphatic heterocycles. The van der Waals surface area contributed by atoms with E-state index in [0.29, 0.717) is 23.0 Å². The number of rotatable bonds is 5. The van der Waals surface area contributed by atoms with E-state index in [1.54, 1.807) is 12.1 Å². The molecule has 0 aromatic heterocycles. The molecule has 1 aromatic rings. The van der Waals surface area contributed by atoms with Crippen molar-refractivity contribution in [3.05, 3.63) is 33.8 Å². The van der Waals surface area contributed by atoms with Crippen LogP contribution in [0.2, 0.25) is 10.0 Å². The van der Waals surface area contributed by atoms with Crippen molar-refractivity contribution >= 4 is 29.1 Å². The summed E-state index contributed by atoms with van der Waals surface area (Å²) in [5.41, 5.74) is 0.977. The van der Waals surface area contributed by atoms with Crippen LogP contribution in [0.3, 0.4) is 0 Å². The standard InChI is InChI=1S/C16H21Cl2NO/c17-14-8-6-13(10-15(14)18)11-19-16(20)9-7-12-4-2-1-3-5-12/h6,8,10,12H,1-5,7,9,11H2,(H,19,20). The molecular weight excluding hydrogens is 293 g/mol. The molecule has 4 heteroatoms. The van der Waals surface area contributed by atoms with Crippen molar-refractivity contribution in [2.75, 3.05) is 0 Å². The topological polar surface area (TPSA) is 29.1 Å². The zero-order chi connectivity index (χ0) is 14.4. The summed E-state index contributed by atoms with van der Waals surface area (Å²) in [6.45, 7) is 0.514. The van der Waals surface area contributed by atoms with Crippen LogP contribution in [0.25, 0.3) is 0 Å². The van der Waals surface area contributed by atoms with Gasteiger partial charge in [-0.25, -0.2) is 0 Å². The summed E-state index contributed by atoms with van der Waals surface area (Å²) in [4.78, 5) is 11.8. The molecule has 20 heavy (non-hydrogen) atoms. The fourth-order valence-electron chi connectivity index (χ4n) is 2.75. The summed E-state index contributed by atoms with van der Waals surface area (Å²) in [6.07, 6.45) is 8.25. The monoisotopic (exact) mass is 313 g/mol. The summed E-state index contributed by atoms with van der Waals surface area (Å²) >= 11 is 11.8. The van der Waals surface area contributed by atoms with E-state index in [0.717, 1.165) is 17.9 Å². The largest absolute Gasteiger partial charge is 0.352 e. The van der Waals surface area contributed by atoms with Crippen molar-refractivity contribution in [3.63, 3.8) is 0 Å². The Balaban J connectivity index is 1.70. The van der Waals surface area contributed by atoms with E-state index in [4.69, 9.17) is 23.2 Å². The van der Waals surface area contributed by atoms with Crippen LogP contribution >= 0.6 is 23.2 Å². The summed E-state index contributed by atoms with van der Waals surface area (Å²) in [5, 5.41) is 4.01. The zero-order valence-corrected chi connectivity index (χ0v) is 13.1. The third kappa shape index (κ3) is 4.99. The van der Waals surface area contributed by atoms with Crippen molar-refractivity contribution in [1.29, 1.82) is 0 Å². The Morgan fingerprint density at radius 3 is 2.60 bits per heavy atom. The summed E-state index contributed by atoms with van der Waals surface area (Å²) in [6, 6.07) is 5.44. The molecule has 0 atom stereocenters. The smallest absolute Gasteiger partial charge is 0.220 e. The number of halogens is 2. The van der Waals surface area contributed by atoms with Gasteiger partial charge in [0.25, 0.3) is 0 Å². The highest BCUT2D eigenvalue weighted by Crippen LogP contribution is 2.27. The molecule has 0 unspecified atom stereocenters. The normalized spacial score (nSPS) is 16.1. The fraction of sp³-hybridized carbons (Fsp3) is 0.562. The Morgan fingerprint density at radius 2 is 1.90 bits per heavy atom. The molecule has 1 saturated carbocycles. The molecule has 1 aliphatic rings. The van der Waals surface area contributed by atoms with Gasteiger partial charge in [0.05, 0.1) is 10.0 Å². The van der Waals surface area contributed by atoms with E-state index in [9.17, 15) is 4.79 Å². The second-order valence-electron chi connectivity index (χ2n) is 5.57. The quantitative estimate of drug-likeness (QED) is 0.817. The first-order valence-corrected chi connectivity index (χ1v) is 8.11. The molecule has 1 amide bonds. The van der Waals surface area contributed by atoms with Gasteiger partial charge in [0, 0.05) is 13.0 Å². The van der Waals surface area contributed by atoms with Gasteiger partial charge in [-0.3, -0.25) is 4.79 Å². The van der Waals surface area contributed by atoms with Crippen LogP contribution in [0, 0.1) is 5.92 Å². The summed E-state index contributed by atoms with van der Waals surface area (Å²) in [7, 11) is 0. The maximum Gasteiger partial charge on any atom is 0.220 e. The maximum absolute atomic E-state index is 11.8. The van der Waals surface area contributed by atoms with Crippen LogP contribution in [-0.2, 0) is 11.3 Å². The van der Waals surface area contributed by atoms with Crippen molar-refractivity contribution in [3.8, 4) is 0 Å². The van der Waals surface area contributed by atoms with Crippen LogP contribution < -0.4 is 5.32 Å². The SMILES string of the molecule is O=C(CCC1CCCCC1)NCc1ccc(Cl)c(Cl)c1. The number of nitrogens with one attached hydrogen (secondary N) is 1. The molecule has 0 radical (unpaired) electrons. The molecule has 110 valence electrons. The first-order valence-electron chi connectivity index (χ1n) is 7.36. The third-order valence-corrected chi connectivity index (χ3v) is 4.72. The average molecular weight is 314 g/mol. The minimum absolute atomic E-state index is 0.127. The highest BCUT2D eigenvalue weighted by Gasteiger charge is 2.14. The second kappa shape index (κ2) is 7.90. The van der Waals surface area contributed by atoms with Crippen LogP contribution in [0.5, 0.6) is 0 Å². The highest BCUT2D eigenvalue weighted by molar-refractivity contribution is 6.42. The molecule has 1 aromatic carbocycles. The van der Waals surface area contributed by atoms with Gasteiger partial charge in [0.2, 0.25) is 5.91 Å². The van der Waals surface area contributed by atoms with E-state index >= 15 is 0 Å². The third-order valence-electron chi connectivity index (χ3n) is 3.98. The molecule has 0 heterocycles. The number of hydrogen-bond acceptors (Lipinski definition) is 1. The predicted octanol–water partition coefficient (Wildman–Crippen LogP) is 4.97. The van der Waals surface area contributed by atoms with E-state index < -0.39 is 0 Å². The van der Waals surface area contributed by atoms with Gasteiger partial charge in [-0.15, -0.1) is 0 Å². The molecule has 2 rings (SSSR count). The van der Waals surface area contributed by atoms with Gasteiger partial charge < -0.3 is 5.32 Å². The first kappa shape index (κ1) is 15.7. The van der Waals surface area contributed by atoms with Gasteiger partial charge in [-0.05, 0) is 30.0 Å². The van der Waals surface area contributed by atoms with Crippen LogP contribution in [0.15, 0.2) is 18.2 Å². The van der Waals surface area contributed by atoms with Crippen LogP contribution in [-0.4, -0.2) is 5.91 Å². The number of benzene rings is 1. The molecule has 0 spiro atoms. The lowest BCUT2D eigenvalue weighted by Gasteiger charge is -2.21. The number of amides is 1. The molecule has 2 nitrogen and oxygen atoms in total. The van der Waals surface area contributed by atoms with E-state index in [-0.39, 0.29) is 5.91 Å². The minimum atomic E-state index is 0.127. The van der Waals surface area contributed by atoms with Crippen molar-refractivity contribution < 1.29 is 4.79 Å². The van der Waals surface area contributed by atoms with Crippen molar-refractivity contribution in [1.82, 2.24) is 5.32 Å². The Bertz CT molecular complexity index is 456. The Labute approximate surface area is 130 Å². The second-order valence-corrected chi connectivity index (χ2v) is 6.38. The Kier molecular flexibility index (Phi) is 6.18. The van der Waals surface area contributed by atoms with Crippen molar-refractivity contribution in [2.24, 2.45) is 5.92 Å². The van der Waals surface area contributed by atoms with E-state index in [2.05, 4.69) is 5.32 Å². The summed E-state index contributed by atoms with van der Waals surface area (Å²) < 4.78 is 0. The molecular formula is C16H21Cl2NO. The minimum Gasteiger partial charge on any atom is -0.352 e. The van der Waals surface area contributed by atoms with Gasteiger partial charge in [0.15, 0.2) is 0 Å². The molecule has 1 aliphatic carbocycles. The van der Waals surface area contributed by atoms with E-state index in [1.165, 1.54) is 32.1 Å². The average Bonchev–Trinajstić information content (AvgIpc) is 2.47. The van der Waals surface area contributed by atoms with Gasteiger partial charge in [0.1, 0.15) is 0 Å².